The maximum absolute atomic E-state index is 8.86. The summed E-state index contributed by atoms with van der Waals surface area (Å²) < 4.78 is 0. The van der Waals surface area contributed by atoms with E-state index in [2.05, 4.69) is 6.92 Å². The minimum atomic E-state index is -0.0509. The third-order valence-corrected chi connectivity index (χ3v) is 1.09. The van der Waals surface area contributed by atoms with Gasteiger partial charge in [0.05, 0.1) is 6.10 Å². The first-order valence-corrected chi connectivity index (χ1v) is 3.99. The second-order valence-corrected chi connectivity index (χ2v) is 1.85. The van der Waals surface area contributed by atoms with E-state index in [9.17, 15) is 0 Å². The molecule has 1 unspecified atom stereocenters. The van der Waals surface area contributed by atoms with Crippen LogP contribution in [0.2, 0.25) is 0 Å². The summed E-state index contributed by atoms with van der Waals surface area (Å²) in [4.78, 5) is 0. The van der Waals surface area contributed by atoms with Crippen LogP contribution in [-0.4, -0.2) is 11.2 Å². The fraction of sp³-hybridized carbons (Fsp3) is 1.00. The Labute approximate surface area is 90.5 Å². The normalized spacial score (nSPS) is 10.5. The molecule has 0 aliphatic heterocycles. The monoisotopic (exact) mass is 221 g/mol. The molecule has 1 radical (unpaired) electrons. The molecule has 0 saturated heterocycles. The standard InChI is InChI=1S/C6H14O.C2H6.Y/c1-3-5-6(7)4-2;1-2;/h6-7H,3-5H2,1-2H3;1-2H3;. The van der Waals surface area contributed by atoms with Gasteiger partial charge >= 0.3 is 0 Å². The summed E-state index contributed by atoms with van der Waals surface area (Å²) in [6.45, 7) is 8.08. The molecule has 0 saturated carbocycles. The van der Waals surface area contributed by atoms with E-state index in [4.69, 9.17) is 5.11 Å². The van der Waals surface area contributed by atoms with Gasteiger partial charge in [0.15, 0.2) is 0 Å². The average Bonchev–Trinajstić information content (AvgIpc) is 1.93. The van der Waals surface area contributed by atoms with E-state index in [0.717, 1.165) is 19.3 Å². The molecule has 0 aromatic rings. The zero-order chi connectivity index (χ0) is 7.70. The Morgan fingerprint density at radius 1 is 1.20 bits per heavy atom. The van der Waals surface area contributed by atoms with Crippen LogP contribution in [0.1, 0.15) is 47.0 Å². The van der Waals surface area contributed by atoms with Gasteiger partial charge in [-0.15, -0.1) is 0 Å². The van der Waals surface area contributed by atoms with Crippen molar-refractivity contribution in [2.45, 2.75) is 53.1 Å². The topological polar surface area (TPSA) is 20.2 Å². The van der Waals surface area contributed by atoms with E-state index < -0.39 is 0 Å². The van der Waals surface area contributed by atoms with Crippen molar-refractivity contribution in [3.05, 3.63) is 0 Å². The molecule has 1 atom stereocenters. The predicted octanol–water partition coefficient (Wildman–Crippen LogP) is 2.58. The molecule has 2 heteroatoms. The molecule has 0 heterocycles. The van der Waals surface area contributed by atoms with E-state index in [-0.39, 0.29) is 38.8 Å². The third-order valence-electron chi connectivity index (χ3n) is 1.09. The zero-order valence-corrected chi connectivity index (χ0v) is 10.6. The minimum Gasteiger partial charge on any atom is -0.393 e. The van der Waals surface area contributed by atoms with E-state index >= 15 is 0 Å². The van der Waals surface area contributed by atoms with Gasteiger partial charge in [0.1, 0.15) is 0 Å². The number of rotatable bonds is 3. The van der Waals surface area contributed by atoms with Crippen LogP contribution >= 0.6 is 0 Å². The molecule has 1 N–H and O–H groups in total. The molecule has 0 rings (SSSR count). The van der Waals surface area contributed by atoms with Crippen molar-refractivity contribution < 1.29 is 37.8 Å². The summed E-state index contributed by atoms with van der Waals surface area (Å²) in [5, 5.41) is 8.86. The summed E-state index contributed by atoms with van der Waals surface area (Å²) >= 11 is 0. The second-order valence-electron chi connectivity index (χ2n) is 1.85. The Morgan fingerprint density at radius 3 is 1.70 bits per heavy atom. The largest absolute Gasteiger partial charge is 0.393 e. The van der Waals surface area contributed by atoms with Crippen LogP contribution in [0, 0.1) is 0 Å². The van der Waals surface area contributed by atoms with Gasteiger partial charge in [0.2, 0.25) is 0 Å². The van der Waals surface area contributed by atoms with Crippen LogP contribution in [0.3, 0.4) is 0 Å². The van der Waals surface area contributed by atoms with Crippen LogP contribution in [0.5, 0.6) is 0 Å². The molecule has 0 amide bonds. The van der Waals surface area contributed by atoms with Crippen LogP contribution in [0.15, 0.2) is 0 Å². The van der Waals surface area contributed by atoms with Crippen molar-refractivity contribution in [2.75, 3.05) is 0 Å². The number of hydrogen-bond donors (Lipinski definition) is 1. The fourth-order valence-electron chi connectivity index (χ4n) is 0.537. The number of aliphatic hydroxyl groups excluding tert-OH is 1. The molecule has 1 nitrogen and oxygen atoms in total. The predicted molar refractivity (Wildman–Crippen MR) is 42.6 cm³/mol. The fourth-order valence-corrected chi connectivity index (χ4v) is 0.537. The SMILES string of the molecule is CC.CCCC(O)CC.[Y]. The summed E-state index contributed by atoms with van der Waals surface area (Å²) in [6, 6.07) is 0. The maximum atomic E-state index is 8.86. The van der Waals surface area contributed by atoms with Crippen molar-refractivity contribution in [1.29, 1.82) is 0 Å². The molecule has 0 aliphatic rings. The van der Waals surface area contributed by atoms with Gasteiger partial charge in [-0.2, -0.15) is 0 Å². The Hall–Kier alpha value is 1.06. The molecular weight excluding hydrogens is 201 g/mol. The van der Waals surface area contributed by atoms with Crippen LogP contribution < -0.4 is 0 Å². The van der Waals surface area contributed by atoms with Crippen LogP contribution in [0.4, 0.5) is 0 Å². The number of aliphatic hydroxyl groups is 1. The first-order valence-electron chi connectivity index (χ1n) is 3.99. The Balaban J connectivity index is -0.000000149. The van der Waals surface area contributed by atoms with Crippen molar-refractivity contribution in [3.8, 4) is 0 Å². The van der Waals surface area contributed by atoms with Gasteiger partial charge in [-0.3, -0.25) is 0 Å². The van der Waals surface area contributed by atoms with Gasteiger partial charge in [-0.05, 0) is 12.8 Å². The molecule has 0 fully saturated rings. The minimum absolute atomic E-state index is 0. The Bertz CT molecular complexity index is 40.2. The van der Waals surface area contributed by atoms with Crippen LogP contribution in [0.25, 0.3) is 0 Å². The maximum Gasteiger partial charge on any atom is 0.0537 e. The van der Waals surface area contributed by atoms with E-state index in [1.165, 1.54) is 0 Å². The Morgan fingerprint density at radius 2 is 1.60 bits per heavy atom. The van der Waals surface area contributed by atoms with Crippen molar-refractivity contribution in [2.24, 2.45) is 0 Å². The molecule has 0 spiro atoms. The molecule has 0 bridgehead atoms. The summed E-state index contributed by atoms with van der Waals surface area (Å²) in [7, 11) is 0. The molecule has 0 aromatic carbocycles. The molecular formula is C8H20OY. The van der Waals surface area contributed by atoms with Gasteiger partial charge < -0.3 is 5.11 Å². The van der Waals surface area contributed by atoms with Crippen molar-refractivity contribution >= 4 is 0 Å². The number of hydrogen-bond acceptors (Lipinski definition) is 1. The first kappa shape index (κ1) is 17.2. The first-order chi connectivity index (χ1) is 4.31. The second kappa shape index (κ2) is 16.6. The van der Waals surface area contributed by atoms with E-state index in [0.29, 0.717) is 0 Å². The van der Waals surface area contributed by atoms with Crippen molar-refractivity contribution in [1.82, 2.24) is 0 Å². The average molecular weight is 221 g/mol. The molecule has 61 valence electrons. The van der Waals surface area contributed by atoms with Gasteiger partial charge in [-0.1, -0.05) is 34.1 Å². The summed E-state index contributed by atoms with van der Waals surface area (Å²) in [5.41, 5.74) is 0. The molecule has 10 heavy (non-hydrogen) atoms. The molecule has 0 aromatic heterocycles. The van der Waals surface area contributed by atoms with Gasteiger partial charge in [0.25, 0.3) is 0 Å². The quantitative estimate of drug-likeness (QED) is 0.776. The van der Waals surface area contributed by atoms with Crippen LogP contribution in [-0.2, 0) is 32.7 Å². The van der Waals surface area contributed by atoms with E-state index in [1.54, 1.807) is 0 Å². The summed E-state index contributed by atoms with van der Waals surface area (Å²) in [6.07, 6.45) is 2.89. The molecule has 0 aliphatic carbocycles. The third kappa shape index (κ3) is 16.0. The smallest absolute Gasteiger partial charge is 0.0537 e. The Kier molecular flexibility index (Phi) is 28.6. The van der Waals surface area contributed by atoms with Gasteiger partial charge in [0, 0.05) is 32.7 Å². The van der Waals surface area contributed by atoms with Crippen molar-refractivity contribution in [3.63, 3.8) is 0 Å². The zero-order valence-electron chi connectivity index (χ0n) is 7.72. The van der Waals surface area contributed by atoms with E-state index in [1.807, 2.05) is 20.8 Å². The van der Waals surface area contributed by atoms with Gasteiger partial charge in [-0.25, -0.2) is 0 Å². The summed E-state index contributed by atoms with van der Waals surface area (Å²) in [5.74, 6) is 0.